The molecule has 1 aromatic carbocycles. The molecule has 1 saturated heterocycles. The molecule has 1 unspecified atom stereocenters. The highest BCUT2D eigenvalue weighted by Crippen LogP contribution is 2.20. The van der Waals surface area contributed by atoms with Gasteiger partial charge in [-0.3, -0.25) is 4.79 Å². The molecule has 0 spiro atoms. The largest absolute Gasteiger partial charge is 0.493 e. The average molecular weight is 315 g/mol. The summed E-state index contributed by atoms with van der Waals surface area (Å²) in [6.07, 6.45) is 2.73. The van der Waals surface area contributed by atoms with Gasteiger partial charge < -0.3 is 9.64 Å². The van der Waals surface area contributed by atoms with Crippen LogP contribution >= 0.6 is 11.3 Å². The molecule has 1 amide bonds. The summed E-state index contributed by atoms with van der Waals surface area (Å²) >= 11 is 1.65. The molecule has 22 heavy (non-hydrogen) atoms. The molecule has 0 aliphatic carbocycles. The number of para-hydroxylation sites is 1. The van der Waals surface area contributed by atoms with E-state index >= 15 is 0 Å². The molecule has 116 valence electrons. The molecule has 0 saturated carbocycles. The van der Waals surface area contributed by atoms with Crippen molar-refractivity contribution in [3.63, 3.8) is 0 Å². The Hall–Kier alpha value is -1.81. The van der Waals surface area contributed by atoms with Crippen molar-refractivity contribution in [2.75, 3.05) is 19.7 Å². The van der Waals surface area contributed by atoms with Crippen molar-refractivity contribution < 1.29 is 9.53 Å². The minimum Gasteiger partial charge on any atom is -0.493 e. The van der Waals surface area contributed by atoms with Gasteiger partial charge in [-0.15, -0.1) is 11.3 Å². The summed E-state index contributed by atoms with van der Waals surface area (Å²) in [5, 5.41) is 2.02. The van der Waals surface area contributed by atoms with E-state index in [2.05, 4.69) is 0 Å². The van der Waals surface area contributed by atoms with Crippen molar-refractivity contribution in [1.82, 2.24) is 4.90 Å². The average Bonchev–Trinajstić information content (AvgIpc) is 3.07. The lowest BCUT2D eigenvalue weighted by atomic mass is 9.98. The van der Waals surface area contributed by atoms with Crippen LogP contribution in [0.1, 0.15) is 17.7 Å². The second-order valence-electron chi connectivity index (χ2n) is 5.73. The number of nitrogens with zero attached hydrogens (tertiary/aromatic N) is 1. The molecule has 0 bridgehead atoms. The zero-order valence-corrected chi connectivity index (χ0v) is 13.4. The molecule has 4 heteroatoms. The SMILES string of the molecule is O=C(Cc1cccs1)N1CCCC(COc2ccccc2)C1. The molecule has 1 aromatic heterocycles. The van der Waals surface area contributed by atoms with Gasteiger partial charge >= 0.3 is 0 Å². The minimum atomic E-state index is 0.242. The number of thiophene rings is 1. The van der Waals surface area contributed by atoms with Crippen LogP contribution in [0.5, 0.6) is 5.75 Å². The second-order valence-corrected chi connectivity index (χ2v) is 6.76. The van der Waals surface area contributed by atoms with Crippen molar-refractivity contribution in [3.05, 3.63) is 52.7 Å². The Morgan fingerprint density at radius 1 is 1.23 bits per heavy atom. The van der Waals surface area contributed by atoms with Gasteiger partial charge in [0.1, 0.15) is 5.75 Å². The first kappa shape index (κ1) is 15.1. The van der Waals surface area contributed by atoms with Gasteiger partial charge in [-0.1, -0.05) is 24.3 Å². The molecule has 0 N–H and O–H groups in total. The molecule has 3 nitrogen and oxygen atoms in total. The van der Waals surface area contributed by atoms with Crippen LogP contribution in [-0.2, 0) is 11.2 Å². The van der Waals surface area contributed by atoms with E-state index in [-0.39, 0.29) is 5.91 Å². The highest BCUT2D eigenvalue weighted by Gasteiger charge is 2.24. The monoisotopic (exact) mass is 315 g/mol. The Labute approximate surface area is 135 Å². The summed E-state index contributed by atoms with van der Waals surface area (Å²) in [5.74, 6) is 1.58. The molecule has 3 rings (SSSR count). The summed E-state index contributed by atoms with van der Waals surface area (Å²) < 4.78 is 5.84. The lowest BCUT2D eigenvalue weighted by molar-refractivity contribution is -0.132. The van der Waals surface area contributed by atoms with Crippen LogP contribution in [0.15, 0.2) is 47.8 Å². The van der Waals surface area contributed by atoms with Crippen LogP contribution in [0.4, 0.5) is 0 Å². The summed E-state index contributed by atoms with van der Waals surface area (Å²) in [6.45, 7) is 2.38. The number of hydrogen-bond acceptors (Lipinski definition) is 3. The maximum Gasteiger partial charge on any atom is 0.227 e. The summed E-state index contributed by atoms with van der Waals surface area (Å²) in [6, 6.07) is 13.9. The van der Waals surface area contributed by atoms with E-state index in [9.17, 15) is 4.79 Å². The van der Waals surface area contributed by atoms with Crippen LogP contribution in [-0.4, -0.2) is 30.5 Å². The van der Waals surface area contributed by atoms with E-state index in [0.717, 1.165) is 36.6 Å². The predicted molar refractivity (Wildman–Crippen MR) is 89.3 cm³/mol. The molecular weight excluding hydrogens is 294 g/mol. The topological polar surface area (TPSA) is 29.5 Å². The summed E-state index contributed by atoms with van der Waals surface area (Å²) in [7, 11) is 0. The summed E-state index contributed by atoms with van der Waals surface area (Å²) in [4.78, 5) is 15.5. The maximum absolute atomic E-state index is 12.4. The van der Waals surface area contributed by atoms with Gasteiger partial charge in [0.2, 0.25) is 5.91 Å². The minimum absolute atomic E-state index is 0.242. The fraction of sp³-hybridized carbons (Fsp3) is 0.389. The Balaban J connectivity index is 1.49. The predicted octanol–water partition coefficient (Wildman–Crippen LogP) is 3.61. The standard InChI is InChI=1S/C18H21NO2S/c20-18(12-17-9-5-11-22-17)19-10-4-6-15(13-19)14-21-16-7-2-1-3-8-16/h1-3,5,7-9,11,15H,4,6,10,12-14H2. The van der Waals surface area contributed by atoms with Gasteiger partial charge in [-0.05, 0) is 36.4 Å². The fourth-order valence-electron chi connectivity index (χ4n) is 2.83. The smallest absolute Gasteiger partial charge is 0.227 e. The number of amides is 1. The van der Waals surface area contributed by atoms with Gasteiger partial charge in [0.25, 0.3) is 0 Å². The first-order valence-electron chi connectivity index (χ1n) is 7.79. The van der Waals surface area contributed by atoms with Gasteiger partial charge in [0.05, 0.1) is 13.0 Å². The number of ether oxygens (including phenoxy) is 1. The highest BCUT2D eigenvalue weighted by atomic mass is 32.1. The van der Waals surface area contributed by atoms with Crippen LogP contribution in [0.25, 0.3) is 0 Å². The van der Waals surface area contributed by atoms with E-state index in [1.807, 2.05) is 52.7 Å². The van der Waals surface area contributed by atoms with Gasteiger partial charge in [0.15, 0.2) is 0 Å². The first-order valence-corrected chi connectivity index (χ1v) is 8.67. The van der Waals surface area contributed by atoms with Crippen molar-refractivity contribution in [2.24, 2.45) is 5.92 Å². The first-order chi connectivity index (χ1) is 10.8. The van der Waals surface area contributed by atoms with Crippen LogP contribution in [0.3, 0.4) is 0 Å². The number of hydrogen-bond donors (Lipinski definition) is 0. The van der Waals surface area contributed by atoms with E-state index < -0.39 is 0 Å². The number of likely N-dealkylation sites (tertiary alicyclic amines) is 1. The van der Waals surface area contributed by atoms with Crippen molar-refractivity contribution in [3.8, 4) is 5.75 Å². The Morgan fingerprint density at radius 2 is 2.09 bits per heavy atom. The van der Waals surface area contributed by atoms with Crippen molar-refractivity contribution in [2.45, 2.75) is 19.3 Å². The number of carbonyl (C=O) groups excluding carboxylic acids is 1. The quantitative estimate of drug-likeness (QED) is 0.843. The second kappa shape index (κ2) is 7.45. The number of carbonyl (C=O) groups is 1. The lowest BCUT2D eigenvalue weighted by Gasteiger charge is -2.32. The molecule has 2 aromatic rings. The third-order valence-corrected chi connectivity index (χ3v) is 4.88. The third-order valence-electron chi connectivity index (χ3n) is 4.01. The third kappa shape index (κ3) is 4.10. The zero-order valence-electron chi connectivity index (χ0n) is 12.6. The van der Waals surface area contributed by atoms with Gasteiger partial charge in [-0.25, -0.2) is 0 Å². The van der Waals surface area contributed by atoms with E-state index in [4.69, 9.17) is 4.74 Å². The van der Waals surface area contributed by atoms with E-state index in [0.29, 0.717) is 18.9 Å². The van der Waals surface area contributed by atoms with Crippen molar-refractivity contribution >= 4 is 17.2 Å². The lowest BCUT2D eigenvalue weighted by Crippen LogP contribution is -2.42. The zero-order chi connectivity index (χ0) is 15.2. The highest BCUT2D eigenvalue weighted by molar-refractivity contribution is 7.10. The van der Waals surface area contributed by atoms with E-state index in [1.165, 1.54) is 0 Å². The molecular formula is C18H21NO2S. The molecule has 1 aliphatic rings. The summed E-state index contributed by atoms with van der Waals surface area (Å²) in [5.41, 5.74) is 0. The Morgan fingerprint density at radius 3 is 2.86 bits per heavy atom. The number of benzene rings is 1. The van der Waals surface area contributed by atoms with E-state index in [1.54, 1.807) is 11.3 Å². The Bertz CT molecular complexity index is 582. The molecule has 1 aliphatic heterocycles. The maximum atomic E-state index is 12.4. The number of rotatable bonds is 5. The normalized spacial score (nSPS) is 18.2. The number of piperidine rings is 1. The van der Waals surface area contributed by atoms with Gasteiger partial charge in [-0.2, -0.15) is 0 Å². The van der Waals surface area contributed by atoms with Crippen molar-refractivity contribution in [1.29, 1.82) is 0 Å². The van der Waals surface area contributed by atoms with Crippen LogP contribution < -0.4 is 4.74 Å². The van der Waals surface area contributed by atoms with Gasteiger partial charge in [0, 0.05) is 23.9 Å². The molecule has 2 heterocycles. The fourth-order valence-corrected chi connectivity index (χ4v) is 3.53. The molecule has 0 radical (unpaired) electrons. The van der Waals surface area contributed by atoms with Crippen LogP contribution in [0.2, 0.25) is 0 Å². The molecule has 1 atom stereocenters. The molecule has 1 fully saturated rings. The van der Waals surface area contributed by atoms with Crippen LogP contribution in [0, 0.1) is 5.92 Å². The Kier molecular flexibility index (Phi) is 5.11.